The third-order valence-corrected chi connectivity index (χ3v) is 3.84. The summed E-state index contributed by atoms with van der Waals surface area (Å²) < 4.78 is 13.5. The Morgan fingerprint density at radius 3 is 2.15 bits per heavy atom. The second kappa shape index (κ2) is 5.49. The molecule has 104 valence electrons. The number of carbonyl (C=O) groups is 1. The maximum atomic E-state index is 13.1. The van der Waals surface area contributed by atoms with Gasteiger partial charge >= 0.3 is 0 Å². The van der Waals surface area contributed by atoms with Crippen molar-refractivity contribution in [2.45, 2.75) is 26.2 Å². The Morgan fingerprint density at radius 2 is 1.65 bits per heavy atom. The average Bonchev–Trinajstić information content (AvgIpc) is 2.37. The monoisotopic (exact) mass is 334 g/mol. The second-order valence-corrected chi connectivity index (χ2v) is 6.63. The summed E-state index contributed by atoms with van der Waals surface area (Å²) in [6, 6.07) is 11.7. The van der Waals surface area contributed by atoms with Crippen LogP contribution in [0.25, 0.3) is 0 Å². The van der Waals surface area contributed by atoms with Crippen molar-refractivity contribution in [3.8, 4) is 0 Å². The lowest BCUT2D eigenvalue weighted by atomic mass is 9.86. The minimum Gasteiger partial charge on any atom is -0.289 e. The molecule has 0 N–H and O–H groups in total. The van der Waals surface area contributed by atoms with Crippen molar-refractivity contribution in [2.75, 3.05) is 0 Å². The van der Waals surface area contributed by atoms with E-state index in [4.69, 9.17) is 0 Å². The zero-order valence-corrected chi connectivity index (χ0v) is 13.3. The van der Waals surface area contributed by atoms with Crippen LogP contribution in [0.4, 0.5) is 4.39 Å². The molecule has 0 fully saturated rings. The largest absolute Gasteiger partial charge is 0.289 e. The van der Waals surface area contributed by atoms with Crippen molar-refractivity contribution in [3.05, 3.63) is 69.4 Å². The van der Waals surface area contributed by atoms with Gasteiger partial charge in [0.15, 0.2) is 5.78 Å². The Hall–Kier alpha value is -1.48. The summed E-state index contributed by atoms with van der Waals surface area (Å²) >= 11 is 3.23. The Labute approximate surface area is 127 Å². The number of halogens is 2. The molecule has 0 saturated heterocycles. The number of rotatable bonds is 2. The van der Waals surface area contributed by atoms with Gasteiger partial charge in [0, 0.05) is 15.6 Å². The van der Waals surface area contributed by atoms with Gasteiger partial charge in [-0.15, -0.1) is 0 Å². The van der Waals surface area contributed by atoms with Crippen LogP contribution in [0, 0.1) is 5.82 Å². The van der Waals surface area contributed by atoms with Gasteiger partial charge in [-0.05, 0) is 45.1 Å². The highest BCUT2D eigenvalue weighted by Crippen LogP contribution is 2.25. The number of hydrogen-bond acceptors (Lipinski definition) is 1. The molecule has 0 heterocycles. The van der Waals surface area contributed by atoms with Gasteiger partial charge in [0.05, 0.1) is 0 Å². The van der Waals surface area contributed by atoms with Crippen LogP contribution >= 0.6 is 15.9 Å². The molecular formula is C17H16BrFO. The van der Waals surface area contributed by atoms with Gasteiger partial charge in [-0.1, -0.05) is 45.0 Å². The molecule has 20 heavy (non-hydrogen) atoms. The van der Waals surface area contributed by atoms with E-state index in [1.807, 2.05) is 24.3 Å². The van der Waals surface area contributed by atoms with Crippen molar-refractivity contribution >= 4 is 21.7 Å². The lowest BCUT2D eigenvalue weighted by Crippen LogP contribution is -2.11. The van der Waals surface area contributed by atoms with Gasteiger partial charge in [0.25, 0.3) is 0 Å². The first kappa shape index (κ1) is 14.9. The molecule has 0 saturated carbocycles. The van der Waals surface area contributed by atoms with Crippen molar-refractivity contribution in [3.63, 3.8) is 0 Å². The molecule has 0 radical (unpaired) electrons. The lowest BCUT2D eigenvalue weighted by Gasteiger charge is -2.19. The number of hydrogen-bond donors (Lipinski definition) is 0. The fourth-order valence-electron chi connectivity index (χ4n) is 1.95. The second-order valence-electron chi connectivity index (χ2n) is 5.78. The summed E-state index contributed by atoms with van der Waals surface area (Å²) in [5.74, 6) is -0.478. The third-order valence-electron chi connectivity index (χ3n) is 3.19. The van der Waals surface area contributed by atoms with Gasteiger partial charge in [0.2, 0.25) is 0 Å². The summed E-state index contributed by atoms with van der Waals surface area (Å²) in [6.45, 7) is 6.38. The molecule has 0 aliphatic carbocycles. The molecule has 0 aliphatic heterocycles. The van der Waals surface area contributed by atoms with Crippen LogP contribution in [0.2, 0.25) is 0 Å². The van der Waals surface area contributed by atoms with E-state index in [-0.39, 0.29) is 17.0 Å². The third kappa shape index (κ3) is 3.15. The zero-order valence-electron chi connectivity index (χ0n) is 11.7. The Balaban J connectivity index is 2.34. The van der Waals surface area contributed by atoms with E-state index < -0.39 is 0 Å². The van der Waals surface area contributed by atoms with E-state index in [1.165, 1.54) is 23.8 Å². The first-order valence-corrected chi connectivity index (χ1v) is 7.18. The molecule has 0 aliphatic rings. The summed E-state index contributed by atoms with van der Waals surface area (Å²) in [4.78, 5) is 12.4. The van der Waals surface area contributed by atoms with Crippen molar-refractivity contribution < 1.29 is 9.18 Å². The average molecular weight is 335 g/mol. The predicted molar refractivity (Wildman–Crippen MR) is 82.7 cm³/mol. The smallest absolute Gasteiger partial charge is 0.194 e. The van der Waals surface area contributed by atoms with Crippen molar-refractivity contribution in [1.82, 2.24) is 0 Å². The van der Waals surface area contributed by atoms with Crippen LogP contribution < -0.4 is 0 Å². The standard InChI is InChI=1S/C17H16BrFO/c1-17(2,3)12-6-4-11(5-7-12)16(20)14-9-8-13(19)10-15(14)18/h4-10H,1-3H3. The van der Waals surface area contributed by atoms with Crippen LogP contribution in [0.15, 0.2) is 46.9 Å². The maximum absolute atomic E-state index is 13.1. The summed E-state index contributed by atoms with van der Waals surface area (Å²) in [6.07, 6.45) is 0. The Morgan fingerprint density at radius 1 is 1.05 bits per heavy atom. The van der Waals surface area contributed by atoms with Gasteiger partial charge in [0.1, 0.15) is 5.82 Å². The van der Waals surface area contributed by atoms with Gasteiger partial charge in [-0.25, -0.2) is 4.39 Å². The number of ketones is 1. The highest BCUT2D eigenvalue weighted by atomic mass is 79.9. The molecular weight excluding hydrogens is 319 g/mol. The van der Waals surface area contributed by atoms with E-state index >= 15 is 0 Å². The summed E-state index contributed by atoms with van der Waals surface area (Å²) in [5.41, 5.74) is 2.30. The highest BCUT2D eigenvalue weighted by molar-refractivity contribution is 9.10. The van der Waals surface area contributed by atoms with Crippen LogP contribution in [0.1, 0.15) is 42.3 Å². The van der Waals surface area contributed by atoms with Crippen molar-refractivity contribution in [2.24, 2.45) is 0 Å². The van der Waals surface area contributed by atoms with E-state index in [0.29, 0.717) is 15.6 Å². The van der Waals surface area contributed by atoms with Gasteiger partial charge in [-0.2, -0.15) is 0 Å². The molecule has 0 unspecified atom stereocenters. The van der Waals surface area contributed by atoms with Gasteiger partial charge < -0.3 is 0 Å². The molecule has 2 aromatic carbocycles. The van der Waals surface area contributed by atoms with Gasteiger partial charge in [-0.3, -0.25) is 4.79 Å². The maximum Gasteiger partial charge on any atom is 0.194 e. The first-order valence-electron chi connectivity index (χ1n) is 6.39. The van der Waals surface area contributed by atoms with Crippen molar-refractivity contribution in [1.29, 1.82) is 0 Å². The zero-order chi connectivity index (χ0) is 14.9. The fourth-order valence-corrected chi connectivity index (χ4v) is 2.48. The minimum atomic E-state index is -0.364. The fraction of sp³-hybridized carbons (Fsp3) is 0.235. The molecule has 0 atom stereocenters. The molecule has 2 aromatic rings. The van der Waals surface area contributed by atoms with Crippen LogP contribution in [-0.2, 0) is 5.41 Å². The van der Waals surface area contributed by atoms with Crippen LogP contribution in [0.5, 0.6) is 0 Å². The van der Waals surface area contributed by atoms with E-state index in [0.717, 1.165) is 0 Å². The minimum absolute atomic E-state index is 0.0536. The molecule has 0 spiro atoms. The Bertz CT molecular complexity index is 639. The first-order chi connectivity index (χ1) is 9.29. The number of benzene rings is 2. The molecule has 0 amide bonds. The van der Waals surface area contributed by atoms with E-state index in [2.05, 4.69) is 36.7 Å². The topological polar surface area (TPSA) is 17.1 Å². The quantitative estimate of drug-likeness (QED) is 0.697. The Kier molecular flexibility index (Phi) is 4.09. The van der Waals surface area contributed by atoms with Crippen LogP contribution in [0.3, 0.4) is 0 Å². The van der Waals surface area contributed by atoms with Crippen LogP contribution in [-0.4, -0.2) is 5.78 Å². The molecule has 1 nitrogen and oxygen atoms in total. The number of carbonyl (C=O) groups excluding carboxylic acids is 1. The lowest BCUT2D eigenvalue weighted by molar-refractivity contribution is 0.103. The summed E-state index contributed by atoms with van der Waals surface area (Å²) in [7, 11) is 0. The summed E-state index contributed by atoms with van der Waals surface area (Å²) in [5, 5.41) is 0. The normalized spacial score (nSPS) is 11.4. The molecule has 3 heteroatoms. The van der Waals surface area contributed by atoms with E-state index in [9.17, 15) is 9.18 Å². The van der Waals surface area contributed by atoms with E-state index in [1.54, 1.807) is 0 Å². The SMILES string of the molecule is CC(C)(C)c1ccc(C(=O)c2ccc(F)cc2Br)cc1. The molecule has 0 bridgehead atoms. The molecule has 0 aromatic heterocycles. The highest BCUT2D eigenvalue weighted by Gasteiger charge is 2.16. The molecule has 2 rings (SSSR count). The predicted octanol–water partition coefficient (Wildman–Crippen LogP) is 5.12.